The molecule has 6 N–H and O–H groups in total. The molecule has 58 heavy (non-hydrogen) atoms. The van der Waals surface area contributed by atoms with Gasteiger partial charge in [-0.25, -0.2) is 4.39 Å². The lowest BCUT2D eigenvalue weighted by Crippen LogP contribution is -2.37. The van der Waals surface area contributed by atoms with Gasteiger partial charge in [0.15, 0.2) is 0 Å². The van der Waals surface area contributed by atoms with Crippen molar-refractivity contribution in [1.29, 1.82) is 0 Å². The molecule has 304 valence electrons. The molecule has 4 aliphatic rings. The largest absolute Gasteiger partial charge is 0.385 e. The molecular weight excluding hydrogens is 759 g/mol. The molecule has 2 fully saturated rings. The number of anilines is 6. The van der Waals surface area contributed by atoms with E-state index in [1.165, 1.54) is 12.1 Å². The summed E-state index contributed by atoms with van der Waals surface area (Å²) in [4.78, 5) is 29.2. The molecule has 0 aliphatic carbocycles. The number of carbonyl (C=O) groups is 2. The van der Waals surface area contributed by atoms with Crippen molar-refractivity contribution in [2.45, 2.75) is 12.8 Å². The van der Waals surface area contributed by atoms with E-state index in [-0.39, 0.29) is 17.6 Å². The third-order valence-corrected chi connectivity index (χ3v) is 10.5. The van der Waals surface area contributed by atoms with Crippen molar-refractivity contribution in [1.82, 2.24) is 9.80 Å². The van der Waals surface area contributed by atoms with Crippen LogP contribution in [0.2, 0.25) is 5.02 Å². The van der Waals surface area contributed by atoms with Crippen molar-refractivity contribution in [3.05, 3.63) is 119 Å². The Bertz CT molecular complexity index is 1940. The van der Waals surface area contributed by atoms with Gasteiger partial charge in [-0.05, 0) is 111 Å². The number of hydrogen-bond donors (Lipinski definition) is 6. The van der Waals surface area contributed by atoms with Crippen LogP contribution in [0.25, 0.3) is 11.1 Å². The van der Waals surface area contributed by atoms with Gasteiger partial charge in [-0.15, -0.1) is 0 Å². The summed E-state index contributed by atoms with van der Waals surface area (Å²) in [5.41, 5.74) is 7.70. The van der Waals surface area contributed by atoms with E-state index < -0.39 is 0 Å². The highest BCUT2D eigenvalue weighted by Gasteiger charge is 2.25. The summed E-state index contributed by atoms with van der Waals surface area (Å²) in [6.45, 7) is 11.5. The van der Waals surface area contributed by atoms with Gasteiger partial charge in [0, 0.05) is 102 Å². The van der Waals surface area contributed by atoms with Gasteiger partial charge in [-0.1, -0.05) is 11.6 Å². The normalized spacial score (nSPS) is 17.8. The fourth-order valence-corrected chi connectivity index (χ4v) is 7.18. The first kappa shape index (κ1) is 40.7. The topological polar surface area (TPSA) is 131 Å². The van der Waals surface area contributed by atoms with Gasteiger partial charge in [0.05, 0.1) is 37.6 Å². The Balaban J connectivity index is 0.000000177. The highest BCUT2D eigenvalue weighted by atomic mass is 35.5. The van der Waals surface area contributed by atoms with Gasteiger partial charge in [-0.3, -0.25) is 19.4 Å². The van der Waals surface area contributed by atoms with Crippen LogP contribution in [-0.4, -0.2) is 100 Å². The second-order valence-corrected chi connectivity index (χ2v) is 14.8. The first-order chi connectivity index (χ1) is 28.4. The molecule has 4 heterocycles. The Morgan fingerprint density at radius 1 is 0.603 bits per heavy atom. The predicted octanol–water partition coefficient (Wildman–Crippen LogP) is 7.24. The summed E-state index contributed by atoms with van der Waals surface area (Å²) in [5, 5.41) is 19.4. The highest BCUT2D eigenvalue weighted by molar-refractivity contribution is 6.34. The Morgan fingerprint density at radius 3 is 1.52 bits per heavy atom. The molecule has 2 saturated heterocycles. The summed E-state index contributed by atoms with van der Waals surface area (Å²) in [6, 6.07) is 25.6. The Morgan fingerprint density at radius 2 is 1.03 bits per heavy atom. The van der Waals surface area contributed by atoms with Crippen LogP contribution in [0.15, 0.2) is 97.3 Å². The number of nitrogens with one attached hydrogen (secondary N) is 6. The molecule has 4 aromatic carbocycles. The zero-order valence-electron chi connectivity index (χ0n) is 32.4. The molecular formula is C44H50ClFN8O4. The number of halogens is 2. The van der Waals surface area contributed by atoms with E-state index in [1.807, 2.05) is 54.6 Å². The number of morpholine rings is 2. The molecule has 4 aromatic rings. The zero-order valence-corrected chi connectivity index (χ0v) is 33.2. The predicted molar refractivity (Wildman–Crippen MR) is 232 cm³/mol. The average Bonchev–Trinajstić information content (AvgIpc) is 3.74. The van der Waals surface area contributed by atoms with Crippen LogP contribution in [0.1, 0.15) is 24.0 Å². The summed E-state index contributed by atoms with van der Waals surface area (Å²) in [7, 11) is 0. The van der Waals surface area contributed by atoms with Crippen LogP contribution < -0.4 is 31.9 Å². The summed E-state index contributed by atoms with van der Waals surface area (Å²) >= 11 is 6.07. The molecule has 0 bridgehead atoms. The molecule has 8 rings (SSSR count). The van der Waals surface area contributed by atoms with E-state index in [9.17, 15) is 14.0 Å². The van der Waals surface area contributed by atoms with Crippen LogP contribution in [0, 0.1) is 5.82 Å². The smallest absolute Gasteiger partial charge is 0.257 e. The van der Waals surface area contributed by atoms with Crippen LogP contribution in [-0.2, 0) is 19.1 Å². The van der Waals surface area contributed by atoms with E-state index in [1.54, 1.807) is 30.6 Å². The van der Waals surface area contributed by atoms with Gasteiger partial charge >= 0.3 is 0 Å². The number of amides is 2. The van der Waals surface area contributed by atoms with E-state index in [2.05, 4.69) is 41.7 Å². The number of carbonyl (C=O) groups excluding carboxylic acids is 2. The Labute approximate surface area is 343 Å². The highest BCUT2D eigenvalue weighted by Crippen LogP contribution is 2.34. The molecule has 0 spiro atoms. The van der Waals surface area contributed by atoms with E-state index >= 15 is 0 Å². The molecule has 0 atom stereocenters. The quantitative estimate of drug-likeness (QED) is 0.0573. The number of hydrogen-bond acceptors (Lipinski definition) is 10. The lowest BCUT2D eigenvalue weighted by Gasteiger charge is -2.26. The van der Waals surface area contributed by atoms with E-state index in [0.29, 0.717) is 27.4 Å². The number of benzene rings is 4. The maximum Gasteiger partial charge on any atom is 0.257 e. The zero-order chi connectivity index (χ0) is 40.1. The van der Waals surface area contributed by atoms with Crippen molar-refractivity contribution < 1.29 is 23.5 Å². The fourth-order valence-electron chi connectivity index (χ4n) is 7.01. The van der Waals surface area contributed by atoms with Gasteiger partial charge in [0.25, 0.3) is 11.8 Å². The minimum Gasteiger partial charge on any atom is -0.385 e. The maximum atomic E-state index is 13.5. The first-order valence-corrected chi connectivity index (χ1v) is 20.2. The molecule has 2 amide bonds. The number of fused-ring (bicyclic) bond motifs is 2. The Hall–Kier alpha value is -5.44. The van der Waals surface area contributed by atoms with Gasteiger partial charge in [0.1, 0.15) is 5.82 Å². The third-order valence-electron chi connectivity index (χ3n) is 10.2. The molecule has 12 nitrogen and oxygen atoms in total. The standard InChI is InChI=1S/C22H25ClN4O2.C22H25FN4O2/c2*23-16-2-7-21-19(14-16)20(22(28)26-21)15-25-18-5-3-17(4-6-18)24-8-1-9-27-10-12-29-13-11-27/h2*2-7,14-15,24-25H,1,8-13H2,(H,26,28). The fraction of sp³-hybridized carbons (Fsp3) is 0.318. The molecule has 0 unspecified atom stereocenters. The molecule has 4 aliphatic heterocycles. The number of nitrogens with zero attached hydrogens (tertiary/aromatic N) is 2. The second kappa shape index (κ2) is 20.3. The molecule has 14 heteroatoms. The van der Waals surface area contributed by atoms with Crippen molar-refractivity contribution in [2.75, 3.05) is 111 Å². The lowest BCUT2D eigenvalue weighted by molar-refractivity contribution is -0.111. The number of rotatable bonds is 14. The van der Waals surface area contributed by atoms with Crippen LogP contribution in [0.4, 0.5) is 38.5 Å². The minimum absolute atomic E-state index is 0.131. The number of ether oxygens (including phenoxy) is 2. The van der Waals surface area contributed by atoms with Crippen molar-refractivity contribution in [2.24, 2.45) is 0 Å². The van der Waals surface area contributed by atoms with Gasteiger partial charge in [0.2, 0.25) is 0 Å². The molecule has 0 aromatic heterocycles. The first-order valence-electron chi connectivity index (χ1n) is 19.8. The van der Waals surface area contributed by atoms with Crippen molar-refractivity contribution in [3.8, 4) is 0 Å². The molecule has 0 saturated carbocycles. The van der Waals surface area contributed by atoms with Crippen LogP contribution in [0.5, 0.6) is 0 Å². The third kappa shape index (κ3) is 11.4. The maximum absolute atomic E-state index is 13.5. The summed E-state index contributed by atoms with van der Waals surface area (Å²) in [6.07, 6.45) is 5.52. The molecule has 0 radical (unpaired) electrons. The lowest BCUT2D eigenvalue weighted by atomic mass is 10.1. The van der Waals surface area contributed by atoms with Gasteiger partial charge < -0.3 is 41.4 Å². The monoisotopic (exact) mass is 808 g/mol. The van der Waals surface area contributed by atoms with Gasteiger partial charge in [-0.2, -0.15) is 0 Å². The SMILES string of the molecule is O=C1Nc2ccc(Cl)cc2C1=CNc1ccc(NCCCN2CCOCC2)cc1.O=C1Nc2ccc(F)cc2C1=CNc1ccc(NCCCN2CCOCC2)cc1. The van der Waals surface area contributed by atoms with Crippen molar-refractivity contribution in [3.63, 3.8) is 0 Å². The average molecular weight is 809 g/mol. The van der Waals surface area contributed by atoms with Crippen LogP contribution >= 0.6 is 11.6 Å². The van der Waals surface area contributed by atoms with E-state index in [4.69, 9.17) is 21.1 Å². The van der Waals surface area contributed by atoms with E-state index in [0.717, 1.165) is 126 Å². The summed E-state index contributed by atoms with van der Waals surface area (Å²) in [5.74, 6) is -0.736. The second-order valence-electron chi connectivity index (χ2n) is 14.3. The Kier molecular flexibility index (Phi) is 14.3. The minimum atomic E-state index is -0.366. The van der Waals surface area contributed by atoms with Crippen molar-refractivity contribution >= 4 is 68.7 Å². The summed E-state index contributed by atoms with van der Waals surface area (Å²) < 4.78 is 24.2. The van der Waals surface area contributed by atoms with Crippen LogP contribution in [0.3, 0.4) is 0 Å².